The number of para-hydroxylation sites is 1. The lowest BCUT2D eigenvalue weighted by Gasteiger charge is -2.17. The maximum absolute atomic E-state index is 13.1. The molecule has 0 aliphatic rings. The van der Waals surface area contributed by atoms with Crippen LogP contribution in [0, 0.1) is 0 Å². The Morgan fingerprint density at radius 2 is 1.65 bits per heavy atom. The van der Waals surface area contributed by atoms with Gasteiger partial charge in [-0.1, -0.05) is 67.6 Å². The molecule has 0 fully saturated rings. The number of rotatable bonds is 6. The number of amides is 1. The van der Waals surface area contributed by atoms with Gasteiger partial charge in [0.25, 0.3) is 5.91 Å². The molecule has 0 aliphatic carbocycles. The maximum atomic E-state index is 13.1. The molecule has 0 saturated carbocycles. The molecule has 0 saturated heterocycles. The van der Waals surface area contributed by atoms with Crippen molar-refractivity contribution in [2.75, 3.05) is 5.32 Å². The monoisotopic (exact) mass is 466 g/mol. The summed E-state index contributed by atoms with van der Waals surface area (Å²) in [7, 11) is 0. The molecule has 5 nitrogen and oxygen atoms in total. The minimum Gasteiger partial charge on any atom is -0.449 e. The highest BCUT2D eigenvalue weighted by atomic mass is 32.1. The lowest BCUT2D eigenvalue weighted by atomic mass is 10.1. The molecule has 0 bridgehead atoms. The highest BCUT2D eigenvalue weighted by molar-refractivity contribution is 7.21. The summed E-state index contributed by atoms with van der Waals surface area (Å²) >= 11 is 1.52. The number of nitrogens with one attached hydrogen (secondary N) is 1. The third kappa shape index (κ3) is 4.40. The van der Waals surface area contributed by atoms with E-state index in [1.165, 1.54) is 11.3 Å². The topological polar surface area (TPSA) is 68.3 Å². The van der Waals surface area contributed by atoms with Crippen LogP contribution in [0.4, 0.5) is 5.69 Å². The number of benzene rings is 4. The van der Waals surface area contributed by atoms with Gasteiger partial charge >= 0.3 is 5.97 Å². The molecule has 0 spiro atoms. The smallest absolute Gasteiger partial charge is 0.339 e. The van der Waals surface area contributed by atoms with Gasteiger partial charge in [-0.3, -0.25) is 4.79 Å². The van der Waals surface area contributed by atoms with Crippen LogP contribution in [0.5, 0.6) is 0 Å². The van der Waals surface area contributed by atoms with E-state index in [-0.39, 0.29) is 5.91 Å². The maximum Gasteiger partial charge on any atom is 0.339 e. The Labute approximate surface area is 201 Å². The molecule has 0 aliphatic heterocycles. The van der Waals surface area contributed by atoms with Crippen LogP contribution >= 0.6 is 11.3 Å². The number of anilines is 1. The zero-order chi connectivity index (χ0) is 23.5. The largest absolute Gasteiger partial charge is 0.449 e. The highest BCUT2D eigenvalue weighted by Gasteiger charge is 2.24. The summed E-state index contributed by atoms with van der Waals surface area (Å²) in [5.74, 6) is -0.904. The van der Waals surface area contributed by atoms with E-state index < -0.39 is 12.1 Å². The van der Waals surface area contributed by atoms with E-state index in [0.29, 0.717) is 23.2 Å². The van der Waals surface area contributed by atoms with Crippen molar-refractivity contribution in [3.05, 3.63) is 96.6 Å². The molecular weight excluding hydrogens is 444 g/mol. The van der Waals surface area contributed by atoms with E-state index in [9.17, 15) is 9.59 Å². The number of thiazole rings is 1. The Morgan fingerprint density at radius 1 is 0.912 bits per heavy atom. The second-order valence-corrected chi connectivity index (χ2v) is 8.92. The number of carbonyl (C=O) groups is 2. The van der Waals surface area contributed by atoms with Gasteiger partial charge in [-0.25, -0.2) is 9.78 Å². The lowest BCUT2D eigenvalue weighted by Crippen LogP contribution is -2.32. The van der Waals surface area contributed by atoms with Gasteiger partial charge in [0, 0.05) is 11.3 Å². The van der Waals surface area contributed by atoms with Gasteiger partial charge in [0.15, 0.2) is 6.10 Å². The minimum atomic E-state index is -0.914. The molecule has 1 aromatic heterocycles. The zero-order valence-electron chi connectivity index (χ0n) is 18.5. The van der Waals surface area contributed by atoms with Crippen LogP contribution < -0.4 is 5.32 Å². The Kier molecular flexibility index (Phi) is 6.06. The van der Waals surface area contributed by atoms with E-state index in [4.69, 9.17) is 4.74 Å². The predicted molar refractivity (Wildman–Crippen MR) is 137 cm³/mol. The lowest BCUT2D eigenvalue weighted by molar-refractivity contribution is -0.124. The Morgan fingerprint density at radius 3 is 2.47 bits per heavy atom. The fraction of sp³-hybridized carbons (Fsp3) is 0.107. The van der Waals surface area contributed by atoms with E-state index in [0.717, 1.165) is 26.0 Å². The Hall–Kier alpha value is -4.03. The number of nitrogens with zero attached hydrogens (tertiary/aromatic N) is 1. The molecule has 5 rings (SSSR count). The van der Waals surface area contributed by atoms with Gasteiger partial charge < -0.3 is 10.1 Å². The number of ether oxygens (including phenoxy) is 1. The number of fused-ring (bicyclic) bond motifs is 2. The van der Waals surface area contributed by atoms with Crippen molar-refractivity contribution in [3.63, 3.8) is 0 Å². The van der Waals surface area contributed by atoms with Crippen LogP contribution in [0.15, 0.2) is 91.0 Å². The molecule has 1 heterocycles. The van der Waals surface area contributed by atoms with E-state index in [2.05, 4.69) is 10.3 Å². The average Bonchev–Trinajstić information content (AvgIpc) is 3.31. The van der Waals surface area contributed by atoms with Crippen molar-refractivity contribution in [2.45, 2.75) is 19.4 Å². The summed E-state index contributed by atoms with van der Waals surface area (Å²) in [5, 5.41) is 5.73. The summed E-state index contributed by atoms with van der Waals surface area (Å²) < 4.78 is 6.71. The molecule has 1 N–H and O–H groups in total. The minimum absolute atomic E-state index is 0.356. The highest BCUT2D eigenvalue weighted by Crippen LogP contribution is 2.32. The fourth-order valence-corrected chi connectivity index (χ4v) is 4.84. The number of aromatic nitrogens is 1. The molecule has 1 amide bonds. The van der Waals surface area contributed by atoms with Gasteiger partial charge in [0.05, 0.1) is 15.8 Å². The third-order valence-corrected chi connectivity index (χ3v) is 6.67. The van der Waals surface area contributed by atoms with Crippen LogP contribution in [-0.2, 0) is 9.53 Å². The van der Waals surface area contributed by atoms with Crippen molar-refractivity contribution >= 4 is 49.9 Å². The van der Waals surface area contributed by atoms with E-state index in [1.807, 2.05) is 85.8 Å². The summed E-state index contributed by atoms with van der Waals surface area (Å²) in [5.41, 5.74) is 2.62. The van der Waals surface area contributed by atoms with Gasteiger partial charge in [-0.05, 0) is 47.5 Å². The van der Waals surface area contributed by atoms with Crippen LogP contribution in [0.1, 0.15) is 23.7 Å². The first-order valence-corrected chi connectivity index (χ1v) is 11.9. The van der Waals surface area contributed by atoms with Crippen molar-refractivity contribution in [2.24, 2.45) is 0 Å². The zero-order valence-corrected chi connectivity index (χ0v) is 19.3. The molecule has 4 aromatic carbocycles. The van der Waals surface area contributed by atoms with Crippen molar-refractivity contribution in [1.82, 2.24) is 4.98 Å². The molecule has 1 atom stereocenters. The molecule has 5 aromatic rings. The van der Waals surface area contributed by atoms with Crippen LogP contribution in [-0.4, -0.2) is 23.0 Å². The third-order valence-electron chi connectivity index (χ3n) is 5.60. The van der Waals surface area contributed by atoms with Crippen molar-refractivity contribution in [1.29, 1.82) is 0 Å². The first-order valence-electron chi connectivity index (χ1n) is 11.1. The normalized spacial score (nSPS) is 11.9. The Bertz CT molecular complexity index is 1480. The van der Waals surface area contributed by atoms with Crippen LogP contribution in [0.3, 0.4) is 0 Å². The van der Waals surface area contributed by atoms with Crippen LogP contribution in [0.25, 0.3) is 31.6 Å². The summed E-state index contributed by atoms with van der Waals surface area (Å²) in [6.45, 7) is 1.82. The number of esters is 1. The summed E-state index contributed by atoms with van der Waals surface area (Å²) in [6.07, 6.45) is -0.559. The molecular formula is C28H22N2O3S. The fourth-order valence-electron chi connectivity index (χ4n) is 3.84. The van der Waals surface area contributed by atoms with Gasteiger partial charge in [-0.2, -0.15) is 0 Å². The molecule has 1 unspecified atom stereocenters. The average molecular weight is 467 g/mol. The van der Waals surface area contributed by atoms with E-state index >= 15 is 0 Å². The number of hydrogen-bond donors (Lipinski definition) is 1. The number of carbonyl (C=O) groups excluding carboxylic acids is 2. The van der Waals surface area contributed by atoms with Gasteiger partial charge in [0.2, 0.25) is 0 Å². The second kappa shape index (κ2) is 9.45. The Balaban J connectivity index is 1.35. The molecule has 6 heteroatoms. The first-order chi connectivity index (χ1) is 16.6. The van der Waals surface area contributed by atoms with Gasteiger partial charge in [-0.15, -0.1) is 11.3 Å². The van der Waals surface area contributed by atoms with Crippen molar-refractivity contribution in [3.8, 4) is 10.6 Å². The SMILES string of the molecule is CCC(OC(=O)c1ccccc1-c1nc2ccccc2s1)C(=O)Nc1ccc2ccccc2c1. The van der Waals surface area contributed by atoms with Crippen LogP contribution in [0.2, 0.25) is 0 Å². The predicted octanol–water partition coefficient (Wildman–Crippen LogP) is 6.69. The first kappa shape index (κ1) is 21.8. The molecule has 168 valence electrons. The van der Waals surface area contributed by atoms with Gasteiger partial charge in [0.1, 0.15) is 5.01 Å². The standard InChI is InChI=1S/C28H22N2O3S/c1-2-24(26(31)29-20-16-15-18-9-3-4-10-19(18)17-20)33-28(32)22-12-6-5-11-21(22)27-30-23-13-7-8-14-25(23)34-27/h3-17,24H,2H2,1H3,(H,29,31). The van der Waals surface area contributed by atoms with Crippen molar-refractivity contribution < 1.29 is 14.3 Å². The molecule has 34 heavy (non-hydrogen) atoms. The second-order valence-electron chi connectivity index (χ2n) is 7.89. The van der Waals surface area contributed by atoms with E-state index in [1.54, 1.807) is 12.1 Å². The molecule has 0 radical (unpaired) electrons. The summed E-state index contributed by atoms with van der Waals surface area (Å²) in [4.78, 5) is 30.7. The number of hydrogen-bond acceptors (Lipinski definition) is 5. The quantitative estimate of drug-likeness (QED) is 0.283. The summed E-state index contributed by atoms with van der Waals surface area (Å²) in [6, 6.07) is 28.7.